The molecule has 2 aliphatic heterocycles. The van der Waals surface area contributed by atoms with E-state index >= 15 is 0 Å². The lowest BCUT2D eigenvalue weighted by molar-refractivity contribution is -0.134. The van der Waals surface area contributed by atoms with Gasteiger partial charge in [-0.15, -0.1) is 11.3 Å². The molecule has 31 heavy (non-hydrogen) atoms. The minimum atomic E-state index is -0.719. The first-order valence-electron chi connectivity index (χ1n) is 10.0. The average molecular weight is 445 g/mol. The standard InChI is InChI=1S/C21H24N4O5S/c1-13-10-22-20(31-13)24-17(26)11-25-8-7-21(6-5-18(25)27)12-23-19(28)15-9-14(29-2)3-4-16(15)30-21/h3-4,9-10H,5-8,11-12H2,1-2H3,(H,23,28)(H,22,24,26). The van der Waals surface area contributed by atoms with E-state index < -0.39 is 5.60 Å². The number of nitrogens with zero attached hydrogens (tertiary/aromatic N) is 2. The molecule has 9 nitrogen and oxygen atoms in total. The number of aryl methyl sites for hydroxylation is 1. The molecule has 1 fully saturated rings. The van der Waals surface area contributed by atoms with Gasteiger partial charge in [0, 0.05) is 30.5 Å². The molecular formula is C21H24N4O5S. The highest BCUT2D eigenvalue weighted by molar-refractivity contribution is 7.15. The molecule has 4 rings (SSSR count). The number of carbonyl (C=O) groups excluding carboxylic acids is 3. The fourth-order valence-corrected chi connectivity index (χ4v) is 4.46. The quantitative estimate of drug-likeness (QED) is 0.746. The van der Waals surface area contributed by atoms with E-state index in [0.717, 1.165) is 4.88 Å². The Morgan fingerprint density at radius 3 is 2.97 bits per heavy atom. The van der Waals surface area contributed by atoms with Crippen molar-refractivity contribution in [3.05, 3.63) is 34.8 Å². The Morgan fingerprint density at radius 2 is 2.23 bits per heavy atom. The van der Waals surface area contributed by atoms with Crippen LogP contribution in [0.3, 0.4) is 0 Å². The number of rotatable bonds is 4. The third-order valence-electron chi connectivity index (χ3n) is 5.52. The predicted molar refractivity (Wildman–Crippen MR) is 115 cm³/mol. The summed E-state index contributed by atoms with van der Waals surface area (Å²) in [4.78, 5) is 44.3. The van der Waals surface area contributed by atoms with E-state index in [4.69, 9.17) is 9.47 Å². The van der Waals surface area contributed by atoms with Gasteiger partial charge in [-0.3, -0.25) is 14.4 Å². The second-order valence-corrected chi connectivity index (χ2v) is 8.95. The van der Waals surface area contributed by atoms with Gasteiger partial charge in [0.1, 0.15) is 17.1 Å². The molecule has 2 aromatic rings. The van der Waals surface area contributed by atoms with Crippen LogP contribution in [-0.4, -0.2) is 60.0 Å². The van der Waals surface area contributed by atoms with Crippen LogP contribution in [-0.2, 0) is 9.59 Å². The Labute approximate surface area is 183 Å². The van der Waals surface area contributed by atoms with Crippen molar-refractivity contribution in [2.24, 2.45) is 0 Å². The molecule has 3 heterocycles. The average Bonchev–Trinajstić information content (AvgIpc) is 3.03. The molecule has 164 valence electrons. The minimum Gasteiger partial charge on any atom is -0.497 e. The number of anilines is 1. The highest BCUT2D eigenvalue weighted by atomic mass is 32.1. The smallest absolute Gasteiger partial charge is 0.255 e. The maximum atomic E-state index is 12.7. The Bertz CT molecular complexity index is 1020. The summed E-state index contributed by atoms with van der Waals surface area (Å²) >= 11 is 1.38. The Morgan fingerprint density at radius 1 is 1.39 bits per heavy atom. The van der Waals surface area contributed by atoms with E-state index in [0.29, 0.717) is 41.6 Å². The Hall–Kier alpha value is -3.14. The van der Waals surface area contributed by atoms with E-state index in [2.05, 4.69) is 15.6 Å². The summed E-state index contributed by atoms with van der Waals surface area (Å²) in [6, 6.07) is 5.10. The molecule has 1 unspecified atom stereocenters. The number of likely N-dealkylation sites (tertiary alicyclic amines) is 1. The zero-order valence-corrected chi connectivity index (χ0v) is 18.2. The normalized spacial score (nSPS) is 20.9. The molecule has 3 amide bonds. The topological polar surface area (TPSA) is 110 Å². The summed E-state index contributed by atoms with van der Waals surface area (Å²) in [6.07, 6.45) is 2.85. The molecular weight excluding hydrogens is 420 g/mol. The van der Waals surface area contributed by atoms with E-state index in [9.17, 15) is 14.4 Å². The van der Waals surface area contributed by atoms with Gasteiger partial charge in [-0.2, -0.15) is 0 Å². The number of hydrogen-bond acceptors (Lipinski definition) is 7. The van der Waals surface area contributed by atoms with Crippen LogP contribution in [0.15, 0.2) is 24.4 Å². The van der Waals surface area contributed by atoms with Gasteiger partial charge in [0.25, 0.3) is 5.91 Å². The second-order valence-electron chi connectivity index (χ2n) is 7.72. The lowest BCUT2D eigenvalue weighted by atomic mass is 9.94. The first kappa shape index (κ1) is 21.1. The van der Waals surface area contributed by atoms with Crippen molar-refractivity contribution < 1.29 is 23.9 Å². The van der Waals surface area contributed by atoms with Crippen molar-refractivity contribution in [2.45, 2.75) is 31.8 Å². The second kappa shape index (κ2) is 8.54. The summed E-state index contributed by atoms with van der Waals surface area (Å²) in [7, 11) is 1.54. The third-order valence-corrected chi connectivity index (χ3v) is 6.34. The van der Waals surface area contributed by atoms with Crippen LogP contribution in [0, 0.1) is 6.92 Å². The van der Waals surface area contributed by atoms with Gasteiger partial charge in [0.05, 0.1) is 25.8 Å². The third kappa shape index (κ3) is 4.63. The number of amides is 3. The molecule has 0 saturated carbocycles. The molecule has 1 spiro atoms. The zero-order chi connectivity index (χ0) is 22.0. The zero-order valence-electron chi connectivity index (χ0n) is 17.4. The van der Waals surface area contributed by atoms with Crippen LogP contribution in [0.2, 0.25) is 0 Å². The number of carbonyl (C=O) groups is 3. The number of hydrogen-bond donors (Lipinski definition) is 2. The van der Waals surface area contributed by atoms with Gasteiger partial charge in [-0.1, -0.05) is 0 Å². The number of methoxy groups -OCH3 is 1. The molecule has 1 aromatic carbocycles. The number of aromatic nitrogens is 1. The summed E-state index contributed by atoms with van der Waals surface area (Å²) in [5.74, 6) is 0.393. The van der Waals surface area contributed by atoms with Crippen molar-refractivity contribution in [3.8, 4) is 11.5 Å². The Balaban J connectivity index is 1.46. The van der Waals surface area contributed by atoms with Crippen LogP contribution in [0.4, 0.5) is 5.13 Å². The van der Waals surface area contributed by atoms with Gasteiger partial charge in [-0.25, -0.2) is 4.98 Å². The SMILES string of the molecule is COc1ccc2c(c1)C(=O)NCC1(CCC(=O)N(CC(=O)Nc3ncc(C)s3)CC1)O2. The Kier molecular flexibility index (Phi) is 5.81. The molecule has 0 radical (unpaired) electrons. The first-order chi connectivity index (χ1) is 14.9. The highest BCUT2D eigenvalue weighted by Gasteiger charge is 2.40. The molecule has 1 saturated heterocycles. The fourth-order valence-electron chi connectivity index (χ4n) is 3.78. The summed E-state index contributed by atoms with van der Waals surface area (Å²) in [5.41, 5.74) is -0.315. The first-order valence-corrected chi connectivity index (χ1v) is 10.8. The predicted octanol–water partition coefficient (Wildman–Crippen LogP) is 1.97. The number of fused-ring (bicyclic) bond motifs is 1. The van der Waals surface area contributed by atoms with Crippen LogP contribution in [0.25, 0.3) is 0 Å². The van der Waals surface area contributed by atoms with Crippen molar-refractivity contribution in [1.29, 1.82) is 0 Å². The van der Waals surface area contributed by atoms with E-state index in [1.807, 2.05) is 6.92 Å². The van der Waals surface area contributed by atoms with Crippen molar-refractivity contribution >= 4 is 34.2 Å². The fraction of sp³-hybridized carbons (Fsp3) is 0.429. The monoisotopic (exact) mass is 444 g/mol. The van der Waals surface area contributed by atoms with E-state index in [-0.39, 0.29) is 37.2 Å². The molecule has 0 aliphatic carbocycles. The van der Waals surface area contributed by atoms with Gasteiger partial charge in [-0.05, 0) is 31.5 Å². The molecule has 2 N–H and O–H groups in total. The largest absolute Gasteiger partial charge is 0.497 e. The van der Waals surface area contributed by atoms with Gasteiger partial charge in [0.2, 0.25) is 11.8 Å². The number of benzene rings is 1. The molecule has 1 atom stereocenters. The maximum absolute atomic E-state index is 12.7. The van der Waals surface area contributed by atoms with Gasteiger partial charge in [0.15, 0.2) is 5.13 Å². The van der Waals surface area contributed by atoms with Crippen LogP contribution < -0.4 is 20.1 Å². The highest BCUT2D eigenvalue weighted by Crippen LogP contribution is 2.34. The summed E-state index contributed by atoms with van der Waals surface area (Å²) < 4.78 is 11.5. The van der Waals surface area contributed by atoms with Crippen LogP contribution in [0.1, 0.15) is 34.5 Å². The van der Waals surface area contributed by atoms with Crippen LogP contribution >= 0.6 is 11.3 Å². The molecule has 10 heteroatoms. The molecule has 1 aromatic heterocycles. The van der Waals surface area contributed by atoms with Gasteiger partial charge < -0.3 is 25.0 Å². The van der Waals surface area contributed by atoms with Crippen molar-refractivity contribution in [3.63, 3.8) is 0 Å². The van der Waals surface area contributed by atoms with E-state index in [1.54, 1.807) is 24.4 Å². The molecule has 0 bridgehead atoms. The summed E-state index contributed by atoms with van der Waals surface area (Å²) in [6.45, 7) is 2.50. The number of thiazole rings is 1. The lowest BCUT2D eigenvalue weighted by Gasteiger charge is -2.32. The van der Waals surface area contributed by atoms with Crippen molar-refractivity contribution in [2.75, 3.05) is 32.1 Å². The van der Waals surface area contributed by atoms with Crippen molar-refractivity contribution in [1.82, 2.24) is 15.2 Å². The lowest BCUT2D eigenvalue weighted by Crippen LogP contribution is -2.46. The number of nitrogens with one attached hydrogen (secondary N) is 2. The number of ether oxygens (including phenoxy) is 2. The van der Waals surface area contributed by atoms with E-state index in [1.165, 1.54) is 23.3 Å². The minimum absolute atomic E-state index is 0.0479. The maximum Gasteiger partial charge on any atom is 0.255 e. The van der Waals surface area contributed by atoms with Gasteiger partial charge >= 0.3 is 0 Å². The van der Waals surface area contributed by atoms with Crippen LogP contribution in [0.5, 0.6) is 11.5 Å². The summed E-state index contributed by atoms with van der Waals surface area (Å²) in [5, 5.41) is 6.16. The molecule has 2 aliphatic rings.